The molecule has 0 aromatic rings. The van der Waals surface area contributed by atoms with Crippen molar-refractivity contribution in [3.05, 3.63) is 0 Å². The van der Waals surface area contributed by atoms with Crippen LogP contribution in [0, 0.1) is 17.8 Å². The second-order valence-electron chi connectivity index (χ2n) is 4.26. The van der Waals surface area contributed by atoms with Crippen LogP contribution in [-0.4, -0.2) is 0 Å². The lowest BCUT2D eigenvalue weighted by atomic mass is 9.78. The quantitative estimate of drug-likeness (QED) is 0.506. The van der Waals surface area contributed by atoms with Crippen molar-refractivity contribution in [1.29, 1.82) is 0 Å². The molecule has 0 N–H and O–H groups in total. The molecule has 0 atom stereocenters. The molecule has 0 bridgehead atoms. The molecule has 0 amide bonds. The van der Waals surface area contributed by atoms with Gasteiger partial charge in [-0.25, -0.2) is 0 Å². The molecule has 0 aliphatic heterocycles. The smallest absolute Gasteiger partial charge is 0.0391 e. The van der Waals surface area contributed by atoms with Gasteiger partial charge in [-0.1, -0.05) is 62.3 Å². The molecular formula is C14H34. The first-order valence-corrected chi connectivity index (χ1v) is 5.70. The maximum Gasteiger partial charge on any atom is -0.0391 e. The first-order chi connectivity index (χ1) is 5.70. The van der Waals surface area contributed by atoms with Crippen molar-refractivity contribution >= 4 is 0 Å². The summed E-state index contributed by atoms with van der Waals surface area (Å²) >= 11 is 0. The molecule has 1 saturated carbocycles. The molecule has 1 aliphatic carbocycles. The third kappa shape index (κ3) is 7.41. The highest BCUT2D eigenvalue weighted by Gasteiger charge is 2.19. The lowest BCUT2D eigenvalue weighted by molar-refractivity contribution is 0.234. The number of hydrogen-bond acceptors (Lipinski definition) is 0. The van der Waals surface area contributed by atoms with Crippen LogP contribution in [0.2, 0.25) is 0 Å². The molecule has 1 fully saturated rings. The van der Waals surface area contributed by atoms with Gasteiger partial charge in [-0.3, -0.25) is 0 Å². The molecule has 0 aromatic carbocycles. The van der Waals surface area contributed by atoms with Crippen molar-refractivity contribution in [1.82, 2.24) is 0 Å². The zero-order chi connectivity index (χ0) is 9.56. The fourth-order valence-electron chi connectivity index (χ4n) is 1.95. The third-order valence-corrected chi connectivity index (χ3v) is 3.00. The van der Waals surface area contributed by atoms with Gasteiger partial charge in [-0.2, -0.15) is 0 Å². The summed E-state index contributed by atoms with van der Waals surface area (Å²) in [6.45, 7) is 11.1. The molecule has 0 radical (unpaired) electrons. The molecule has 0 heterocycles. The summed E-state index contributed by atoms with van der Waals surface area (Å²) in [5, 5.41) is 0. The fourth-order valence-corrected chi connectivity index (χ4v) is 1.95. The van der Waals surface area contributed by atoms with Crippen molar-refractivity contribution in [2.45, 2.75) is 75.2 Å². The van der Waals surface area contributed by atoms with Crippen molar-refractivity contribution in [2.75, 3.05) is 0 Å². The van der Waals surface area contributed by atoms with E-state index in [1.807, 2.05) is 13.8 Å². The minimum Gasteiger partial charge on any atom is -0.0776 e. The molecule has 0 aromatic heterocycles. The minimum atomic E-state index is 0. The lowest BCUT2D eigenvalue weighted by Gasteiger charge is -2.28. The Morgan fingerprint density at radius 3 is 1.50 bits per heavy atom. The number of rotatable bonds is 1. The van der Waals surface area contributed by atoms with E-state index >= 15 is 0 Å². The first kappa shape index (κ1) is 19.6. The van der Waals surface area contributed by atoms with Gasteiger partial charge in [-0.05, 0) is 30.6 Å². The highest BCUT2D eigenvalue weighted by molar-refractivity contribution is 4.71. The Bertz CT molecular complexity index is 86.2. The Morgan fingerprint density at radius 2 is 1.21 bits per heavy atom. The van der Waals surface area contributed by atoms with Crippen molar-refractivity contribution in [3.63, 3.8) is 0 Å². The summed E-state index contributed by atoms with van der Waals surface area (Å²) < 4.78 is 0. The SMILES string of the molecule is C.C.CC.CC1CCC(C(C)C)CC1. The minimum absolute atomic E-state index is 0. The van der Waals surface area contributed by atoms with Crippen LogP contribution in [0.3, 0.4) is 0 Å². The second-order valence-corrected chi connectivity index (χ2v) is 4.26. The van der Waals surface area contributed by atoms with Crippen LogP contribution in [0.4, 0.5) is 0 Å². The predicted octanol–water partition coefficient (Wildman–Crippen LogP) is 5.77. The monoisotopic (exact) mass is 202 g/mol. The molecule has 14 heavy (non-hydrogen) atoms. The van der Waals surface area contributed by atoms with Crippen LogP contribution >= 0.6 is 0 Å². The maximum absolute atomic E-state index is 2.39. The van der Waals surface area contributed by atoms with E-state index in [9.17, 15) is 0 Å². The largest absolute Gasteiger partial charge is 0.0776 e. The van der Waals surface area contributed by atoms with E-state index in [1.54, 1.807) is 0 Å². The summed E-state index contributed by atoms with van der Waals surface area (Å²) in [5.41, 5.74) is 0. The van der Waals surface area contributed by atoms with E-state index < -0.39 is 0 Å². The standard InChI is InChI=1S/C10H20.C2H6.2CH4/c1-8(2)10-6-4-9(3)5-7-10;1-2;;/h8-10H,4-7H2,1-3H3;1-2H3;2*1H4. The fraction of sp³-hybridized carbons (Fsp3) is 1.00. The van der Waals surface area contributed by atoms with Gasteiger partial charge in [0, 0.05) is 0 Å². The molecule has 0 nitrogen and oxygen atoms in total. The van der Waals surface area contributed by atoms with Gasteiger partial charge in [0.1, 0.15) is 0 Å². The van der Waals surface area contributed by atoms with Crippen LogP contribution in [0.5, 0.6) is 0 Å². The van der Waals surface area contributed by atoms with Crippen molar-refractivity contribution in [2.24, 2.45) is 17.8 Å². The highest BCUT2D eigenvalue weighted by Crippen LogP contribution is 2.32. The molecule has 0 unspecified atom stereocenters. The van der Waals surface area contributed by atoms with E-state index in [-0.39, 0.29) is 14.9 Å². The lowest BCUT2D eigenvalue weighted by Crippen LogP contribution is -2.16. The maximum atomic E-state index is 2.39. The third-order valence-electron chi connectivity index (χ3n) is 3.00. The molecule has 1 aliphatic rings. The Kier molecular flexibility index (Phi) is 15.5. The van der Waals surface area contributed by atoms with E-state index in [1.165, 1.54) is 25.7 Å². The van der Waals surface area contributed by atoms with Crippen LogP contribution in [0.15, 0.2) is 0 Å². The second kappa shape index (κ2) is 11.1. The summed E-state index contributed by atoms with van der Waals surface area (Å²) in [5.74, 6) is 2.97. The van der Waals surface area contributed by atoms with E-state index in [0.29, 0.717) is 0 Å². The van der Waals surface area contributed by atoms with Gasteiger partial charge in [0.2, 0.25) is 0 Å². The Hall–Kier alpha value is 0. The summed E-state index contributed by atoms with van der Waals surface area (Å²) in [6, 6.07) is 0. The van der Waals surface area contributed by atoms with Crippen LogP contribution < -0.4 is 0 Å². The normalized spacial score (nSPS) is 25.3. The zero-order valence-electron chi connectivity index (χ0n) is 9.56. The summed E-state index contributed by atoms with van der Waals surface area (Å²) in [7, 11) is 0. The van der Waals surface area contributed by atoms with Crippen LogP contribution in [0.25, 0.3) is 0 Å². The zero-order valence-corrected chi connectivity index (χ0v) is 9.56. The van der Waals surface area contributed by atoms with Gasteiger partial charge in [0.25, 0.3) is 0 Å². The Morgan fingerprint density at radius 1 is 0.857 bits per heavy atom. The van der Waals surface area contributed by atoms with E-state index in [2.05, 4.69) is 20.8 Å². The summed E-state index contributed by atoms with van der Waals surface area (Å²) in [4.78, 5) is 0. The molecule has 1 rings (SSSR count). The van der Waals surface area contributed by atoms with E-state index in [4.69, 9.17) is 0 Å². The van der Waals surface area contributed by atoms with Crippen LogP contribution in [0.1, 0.15) is 75.2 Å². The van der Waals surface area contributed by atoms with E-state index in [0.717, 1.165) is 17.8 Å². The predicted molar refractivity (Wildman–Crippen MR) is 70.8 cm³/mol. The molecular weight excluding hydrogens is 168 g/mol. The average Bonchev–Trinajstić information content (AvgIpc) is 2.09. The highest BCUT2D eigenvalue weighted by atomic mass is 14.3. The van der Waals surface area contributed by atoms with Gasteiger partial charge in [0.05, 0.1) is 0 Å². The topological polar surface area (TPSA) is 0 Å². The molecule has 0 spiro atoms. The van der Waals surface area contributed by atoms with Gasteiger partial charge < -0.3 is 0 Å². The Balaban J connectivity index is -0.000000284. The number of hydrogen-bond donors (Lipinski definition) is 0. The van der Waals surface area contributed by atoms with Crippen molar-refractivity contribution in [3.8, 4) is 0 Å². The molecule has 90 valence electrons. The summed E-state index contributed by atoms with van der Waals surface area (Å²) in [6.07, 6.45) is 5.92. The first-order valence-electron chi connectivity index (χ1n) is 5.70. The molecule has 0 saturated heterocycles. The van der Waals surface area contributed by atoms with Gasteiger partial charge >= 0.3 is 0 Å². The van der Waals surface area contributed by atoms with Crippen molar-refractivity contribution < 1.29 is 0 Å². The van der Waals surface area contributed by atoms with Gasteiger partial charge in [-0.15, -0.1) is 0 Å². The Labute approximate surface area is 93.5 Å². The van der Waals surface area contributed by atoms with Gasteiger partial charge in [0.15, 0.2) is 0 Å². The molecule has 0 heteroatoms. The average molecular weight is 202 g/mol. The van der Waals surface area contributed by atoms with Crippen LogP contribution in [-0.2, 0) is 0 Å².